The first-order chi connectivity index (χ1) is 15.2. The summed E-state index contributed by atoms with van der Waals surface area (Å²) in [6.45, 7) is 5.83. The number of para-hydroxylation sites is 2. The molecule has 0 radical (unpaired) electrons. The number of aliphatic carboxylic acids is 1. The summed E-state index contributed by atoms with van der Waals surface area (Å²) >= 11 is 0. The van der Waals surface area contributed by atoms with Gasteiger partial charge >= 0.3 is 11.7 Å². The molecule has 0 saturated carbocycles. The minimum absolute atomic E-state index is 0.112. The summed E-state index contributed by atoms with van der Waals surface area (Å²) in [6, 6.07) is 13.0. The summed E-state index contributed by atoms with van der Waals surface area (Å²) in [5.41, 5.74) is 3.33. The number of rotatable bonds is 7. The Kier molecular flexibility index (Phi) is 5.46. The van der Waals surface area contributed by atoms with Crippen LogP contribution in [0.2, 0.25) is 0 Å². The second-order valence-electron chi connectivity index (χ2n) is 8.96. The zero-order valence-electron chi connectivity index (χ0n) is 19.1. The molecule has 1 N–H and O–H groups in total. The summed E-state index contributed by atoms with van der Waals surface area (Å²) in [5.74, 6) is -0.979. The third-order valence-electron chi connectivity index (χ3n) is 6.52. The van der Waals surface area contributed by atoms with Crippen LogP contribution in [0.1, 0.15) is 31.0 Å². The molecule has 0 aliphatic heterocycles. The molecule has 4 aromatic rings. The van der Waals surface area contributed by atoms with E-state index in [0.717, 1.165) is 27.5 Å². The van der Waals surface area contributed by atoms with Crippen molar-refractivity contribution in [2.24, 2.45) is 12.5 Å². The van der Waals surface area contributed by atoms with E-state index in [4.69, 9.17) is 4.74 Å². The highest BCUT2D eigenvalue weighted by Crippen LogP contribution is 2.34. The first-order valence-corrected chi connectivity index (χ1v) is 10.6. The number of ether oxygens (including phenoxy) is 1. The van der Waals surface area contributed by atoms with Crippen molar-refractivity contribution in [2.75, 3.05) is 13.7 Å². The maximum absolute atomic E-state index is 13.8. The van der Waals surface area contributed by atoms with Crippen molar-refractivity contribution in [2.45, 2.75) is 33.4 Å². The number of methoxy groups -OCH3 is 1. The molecule has 7 nitrogen and oxygen atoms in total. The van der Waals surface area contributed by atoms with Crippen LogP contribution in [0.5, 0.6) is 0 Å². The number of carboxylic acids is 1. The number of carboxylic acid groups (broad SMARTS) is 1. The van der Waals surface area contributed by atoms with Crippen LogP contribution in [0.25, 0.3) is 21.9 Å². The van der Waals surface area contributed by atoms with Gasteiger partial charge in [0.2, 0.25) is 0 Å². The Hall–Kier alpha value is -3.32. The van der Waals surface area contributed by atoms with Crippen molar-refractivity contribution in [1.29, 1.82) is 0 Å². The average molecular weight is 436 g/mol. The van der Waals surface area contributed by atoms with Crippen molar-refractivity contribution >= 4 is 27.9 Å². The highest BCUT2D eigenvalue weighted by molar-refractivity contribution is 5.87. The summed E-state index contributed by atoms with van der Waals surface area (Å²) in [4.78, 5) is 25.8. The Morgan fingerprint density at radius 3 is 2.41 bits per heavy atom. The van der Waals surface area contributed by atoms with Crippen molar-refractivity contribution in [3.8, 4) is 0 Å². The second-order valence-corrected chi connectivity index (χ2v) is 8.96. The zero-order chi connectivity index (χ0) is 23.2. The van der Waals surface area contributed by atoms with Gasteiger partial charge in [0, 0.05) is 31.3 Å². The molecule has 2 aromatic carbocycles. The maximum atomic E-state index is 13.8. The molecule has 168 valence electrons. The molecule has 32 heavy (non-hydrogen) atoms. The molecule has 0 bridgehead atoms. The Morgan fingerprint density at radius 1 is 1.09 bits per heavy atom. The van der Waals surface area contributed by atoms with E-state index in [1.807, 2.05) is 37.4 Å². The third-order valence-corrected chi connectivity index (χ3v) is 6.52. The van der Waals surface area contributed by atoms with Gasteiger partial charge in [-0.25, -0.2) is 4.79 Å². The van der Waals surface area contributed by atoms with Crippen LogP contribution in [-0.2, 0) is 23.1 Å². The lowest BCUT2D eigenvalue weighted by Gasteiger charge is -2.30. The number of carbonyl (C=O) groups is 1. The Bertz CT molecular complexity index is 1370. The van der Waals surface area contributed by atoms with E-state index in [1.165, 1.54) is 7.11 Å². The lowest BCUT2D eigenvalue weighted by atomic mass is 9.84. The maximum Gasteiger partial charge on any atom is 0.329 e. The van der Waals surface area contributed by atoms with Crippen LogP contribution in [0.3, 0.4) is 0 Å². The molecule has 2 heterocycles. The molecular weight excluding hydrogens is 406 g/mol. The summed E-state index contributed by atoms with van der Waals surface area (Å²) < 4.78 is 10.8. The van der Waals surface area contributed by atoms with Crippen molar-refractivity contribution in [1.82, 2.24) is 13.7 Å². The lowest BCUT2D eigenvalue weighted by molar-refractivity contribution is -0.150. The fourth-order valence-electron chi connectivity index (χ4n) is 4.61. The van der Waals surface area contributed by atoms with Crippen molar-refractivity contribution in [3.63, 3.8) is 0 Å². The van der Waals surface area contributed by atoms with Crippen LogP contribution in [0.4, 0.5) is 0 Å². The van der Waals surface area contributed by atoms with Crippen LogP contribution in [-0.4, -0.2) is 38.5 Å². The number of hydrogen-bond acceptors (Lipinski definition) is 3. The van der Waals surface area contributed by atoms with Gasteiger partial charge in [0.05, 0.1) is 35.6 Å². The van der Waals surface area contributed by atoms with E-state index in [9.17, 15) is 14.7 Å². The standard InChI is InChI=1S/C25H29N3O4/c1-16-9-8-12-20-22(16)17(13-26(20)4)14-27-18-10-6-7-11-19(18)28(24(27)31)21(15-32-5)25(2,3)23(29)30/h6-13,21H,14-15H2,1-5H3,(H,29,30). The Labute approximate surface area is 186 Å². The first-order valence-electron chi connectivity index (χ1n) is 10.6. The van der Waals surface area contributed by atoms with Gasteiger partial charge in [-0.15, -0.1) is 0 Å². The van der Waals surface area contributed by atoms with Gasteiger partial charge in [-0.3, -0.25) is 13.9 Å². The predicted molar refractivity (Wildman–Crippen MR) is 125 cm³/mol. The highest BCUT2D eigenvalue weighted by atomic mass is 16.5. The van der Waals surface area contributed by atoms with E-state index in [0.29, 0.717) is 12.1 Å². The minimum atomic E-state index is -1.20. The van der Waals surface area contributed by atoms with Gasteiger partial charge in [-0.05, 0) is 50.1 Å². The number of aryl methyl sites for hydroxylation is 2. The molecule has 0 spiro atoms. The lowest BCUT2D eigenvalue weighted by Crippen LogP contribution is -2.42. The molecule has 1 atom stereocenters. The number of imidazole rings is 1. The smallest absolute Gasteiger partial charge is 0.329 e. The number of benzene rings is 2. The number of fused-ring (bicyclic) bond motifs is 2. The molecule has 0 aliphatic carbocycles. The Balaban J connectivity index is 1.95. The van der Waals surface area contributed by atoms with Gasteiger partial charge in [0.15, 0.2) is 0 Å². The monoisotopic (exact) mass is 435 g/mol. The number of hydrogen-bond donors (Lipinski definition) is 1. The van der Waals surface area contributed by atoms with Crippen molar-refractivity contribution < 1.29 is 14.6 Å². The fourth-order valence-corrected chi connectivity index (χ4v) is 4.61. The molecule has 4 rings (SSSR count). The summed E-state index contributed by atoms with van der Waals surface area (Å²) in [6.07, 6.45) is 2.06. The van der Waals surface area contributed by atoms with E-state index in [1.54, 1.807) is 23.0 Å². The summed E-state index contributed by atoms with van der Waals surface area (Å²) in [5, 5.41) is 11.0. The van der Waals surface area contributed by atoms with Crippen LogP contribution >= 0.6 is 0 Å². The van der Waals surface area contributed by atoms with Crippen molar-refractivity contribution in [3.05, 3.63) is 70.3 Å². The van der Waals surface area contributed by atoms with Gasteiger partial charge in [0.1, 0.15) is 0 Å². The van der Waals surface area contributed by atoms with Crippen LogP contribution < -0.4 is 5.69 Å². The van der Waals surface area contributed by atoms with Gasteiger partial charge in [-0.1, -0.05) is 24.3 Å². The molecule has 0 saturated heterocycles. The third kappa shape index (κ3) is 3.33. The van der Waals surface area contributed by atoms with E-state index >= 15 is 0 Å². The van der Waals surface area contributed by atoms with Gasteiger partial charge in [0.25, 0.3) is 0 Å². The molecular formula is C25H29N3O4. The SMILES string of the molecule is COCC(n1c(=O)n(Cc2cn(C)c3cccc(C)c23)c2ccccc21)C(C)(C)C(=O)O. The van der Waals surface area contributed by atoms with E-state index in [-0.39, 0.29) is 12.3 Å². The minimum Gasteiger partial charge on any atom is -0.481 e. The van der Waals surface area contributed by atoms with Crippen LogP contribution in [0, 0.1) is 12.3 Å². The fraction of sp³-hybridized carbons (Fsp3) is 0.360. The predicted octanol–water partition coefficient (Wildman–Crippen LogP) is 3.95. The van der Waals surface area contributed by atoms with E-state index in [2.05, 4.69) is 29.8 Å². The molecule has 2 aromatic heterocycles. The first kappa shape index (κ1) is 21.9. The zero-order valence-corrected chi connectivity index (χ0v) is 19.1. The van der Waals surface area contributed by atoms with Crippen LogP contribution in [0.15, 0.2) is 53.5 Å². The average Bonchev–Trinajstić information content (AvgIpc) is 3.21. The molecule has 0 aliphatic rings. The van der Waals surface area contributed by atoms with Gasteiger partial charge < -0.3 is 14.4 Å². The summed E-state index contributed by atoms with van der Waals surface area (Å²) in [7, 11) is 3.52. The topological polar surface area (TPSA) is 78.4 Å². The van der Waals surface area contributed by atoms with E-state index < -0.39 is 17.4 Å². The molecule has 7 heteroatoms. The number of nitrogens with zero attached hydrogens (tertiary/aromatic N) is 3. The second kappa shape index (κ2) is 7.98. The largest absolute Gasteiger partial charge is 0.481 e. The number of aromatic nitrogens is 3. The Morgan fingerprint density at radius 2 is 1.75 bits per heavy atom. The highest BCUT2D eigenvalue weighted by Gasteiger charge is 2.40. The normalized spacial score (nSPS) is 13.2. The van der Waals surface area contributed by atoms with Gasteiger partial charge in [-0.2, -0.15) is 0 Å². The molecule has 0 amide bonds. The molecule has 1 unspecified atom stereocenters. The molecule has 0 fully saturated rings. The quantitative estimate of drug-likeness (QED) is 0.477.